The minimum Gasteiger partial charge on any atom is -0.496 e. The molecule has 0 unspecified atom stereocenters. The van der Waals surface area contributed by atoms with Crippen LogP contribution in [0, 0.1) is 11.3 Å². The fourth-order valence-corrected chi connectivity index (χ4v) is 1.81. The van der Waals surface area contributed by atoms with Crippen molar-refractivity contribution in [3.05, 3.63) is 47.3 Å². The molecule has 19 heavy (non-hydrogen) atoms. The van der Waals surface area contributed by atoms with Crippen molar-refractivity contribution in [2.75, 3.05) is 7.11 Å². The van der Waals surface area contributed by atoms with E-state index in [-0.39, 0.29) is 0 Å². The summed E-state index contributed by atoms with van der Waals surface area (Å²) < 4.78 is 7.00. The van der Waals surface area contributed by atoms with Crippen molar-refractivity contribution >= 4 is 0 Å². The van der Waals surface area contributed by atoms with Crippen molar-refractivity contribution < 1.29 is 9.84 Å². The third-order valence-corrected chi connectivity index (χ3v) is 2.84. The summed E-state index contributed by atoms with van der Waals surface area (Å²) in [5.41, 5.74) is 2.13. The number of aliphatic hydroxyl groups excluding tert-OH is 1. The van der Waals surface area contributed by atoms with Crippen molar-refractivity contribution in [2.45, 2.75) is 19.6 Å². The topological polar surface area (TPSA) is 71.1 Å². The van der Waals surface area contributed by atoms with Crippen LogP contribution in [-0.2, 0) is 6.54 Å². The van der Waals surface area contributed by atoms with E-state index < -0.39 is 6.10 Å². The van der Waals surface area contributed by atoms with Gasteiger partial charge in [-0.25, -0.2) is 0 Å². The maximum absolute atomic E-state index is 9.44. The van der Waals surface area contributed by atoms with Crippen LogP contribution in [0.25, 0.3) is 0 Å². The average molecular weight is 257 g/mol. The van der Waals surface area contributed by atoms with Crippen molar-refractivity contribution in [3.63, 3.8) is 0 Å². The van der Waals surface area contributed by atoms with Crippen LogP contribution >= 0.6 is 0 Å². The highest BCUT2D eigenvalue weighted by Gasteiger charge is 2.08. The van der Waals surface area contributed by atoms with Crippen molar-refractivity contribution in [1.82, 2.24) is 9.78 Å². The Hall–Kier alpha value is -2.32. The van der Waals surface area contributed by atoms with E-state index in [0.717, 1.165) is 5.56 Å². The molecule has 0 amide bonds. The lowest BCUT2D eigenvalue weighted by atomic mass is 10.1. The Kier molecular flexibility index (Phi) is 3.83. The van der Waals surface area contributed by atoms with Gasteiger partial charge in [-0.05, 0) is 25.1 Å². The summed E-state index contributed by atoms with van der Waals surface area (Å²) in [5, 5.41) is 22.6. The number of hydrogen-bond acceptors (Lipinski definition) is 4. The lowest BCUT2D eigenvalue weighted by Gasteiger charge is -2.09. The lowest BCUT2D eigenvalue weighted by molar-refractivity contribution is 0.193. The van der Waals surface area contributed by atoms with E-state index >= 15 is 0 Å². The van der Waals surface area contributed by atoms with E-state index in [9.17, 15) is 5.11 Å². The number of nitrogens with zero attached hydrogens (tertiary/aromatic N) is 3. The van der Waals surface area contributed by atoms with Crippen LogP contribution in [0.2, 0.25) is 0 Å². The van der Waals surface area contributed by atoms with Crippen LogP contribution in [0.3, 0.4) is 0 Å². The van der Waals surface area contributed by atoms with Crippen LogP contribution in [-0.4, -0.2) is 22.0 Å². The zero-order valence-electron chi connectivity index (χ0n) is 10.9. The number of methoxy groups -OCH3 is 1. The van der Waals surface area contributed by atoms with E-state index in [0.29, 0.717) is 23.6 Å². The fourth-order valence-electron chi connectivity index (χ4n) is 1.81. The maximum Gasteiger partial charge on any atom is 0.125 e. The second kappa shape index (κ2) is 5.55. The smallest absolute Gasteiger partial charge is 0.125 e. The monoisotopic (exact) mass is 257 g/mol. The molecule has 0 saturated heterocycles. The Morgan fingerprint density at radius 1 is 1.47 bits per heavy atom. The van der Waals surface area contributed by atoms with Gasteiger partial charge in [-0.15, -0.1) is 0 Å². The van der Waals surface area contributed by atoms with Gasteiger partial charge in [0.1, 0.15) is 5.75 Å². The molecule has 0 aliphatic heterocycles. The van der Waals surface area contributed by atoms with E-state index in [1.54, 1.807) is 43.1 Å². The molecule has 0 bridgehead atoms. The van der Waals surface area contributed by atoms with Gasteiger partial charge < -0.3 is 9.84 Å². The number of rotatable bonds is 4. The first-order valence-electron chi connectivity index (χ1n) is 5.92. The summed E-state index contributed by atoms with van der Waals surface area (Å²) in [7, 11) is 1.57. The summed E-state index contributed by atoms with van der Waals surface area (Å²) in [6, 6.07) is 9.15. The highest BCUT2D eigenvalue weighted by atomic mass is 16.5. The van der Waals surface area contributed by atoms with Crippen LogP contribution in [0.1, 0.15) is 29.8 Å². The molecule has 0 aliphatic rings. The second-order valence-corrected chi connectivity index (χ2v) is 4.25. The minimum atomic E-state index is -0.580. The van der Waals surface area contributed by atoms with Gasteiger partial charge in [-0.2, -0.15) is 10.4 Å². The third-order valence-electron chi connectivity index (χ3n) is 2.84. The van der Waals surface area contributed by atoms with Gasteiger partial charge in [0.2, 0.25) is 0 Å². The Labute approximate surface area is 111 Å². The Morgan fingerprint density at radius 3 is 2.84 bits per heavy atom. The molecule has 98 valence electrons. The van der Waals surface area contributed by atoms with Gasteiger partial charge in [-0.1, -0.05) is 6.07 Å². The predicted octanol–water partition coefficient (Wildman–Crippen LogP) is 1.86. The van der Waals surface area contributed by atoms with Crippen LogP contribution in [0.15, 0.2) is 30.5 Å². The van der Waals surface area contributed by atoms with Crippen LogP contribution in [0.4, 0.5) is 0 Å². The molecule has 0 fully saturated rings. The third kappa shape index (κ3) is 2.92. The Balaban J connectivity index is 2.25. The molecule has 5 nitrogen and oxygen atoms in total. The van der Waals surface area contributed by atoms with E-state index in [4.69, 9.17) is 10.00 Å². The number of benzene rings is 1. The predicted molar refractivity (Wildman–Crippen MR) is 69.7 cm³/mol. The highest BCUT2D eigenvalue weighted by molar-refractivity contribution is 5.42. The van der Waals surface area contributed by atoms with E-state index in [2.05, 4.69) is 11.2 Å². The minimum absolute atomic E-state index is 0.529. The first-order chi connectivity index (χ1) is 9.13. The summed E-state index contributed by atoms with van der Waals surface area (Å²) in [5.74, 6) is 0.660. The molecule has 0 radical (unpaired) electrons. The van der Waals surface area contributed by atoms with Gasteiger partial charge in [0.15, 0.2) is 0 Å². The molecule has 0 saturated carbocycles. The van der Waals surface area contributed by atoms with Gasteiger partial charge in [0.05, 0.1) is 37.1 Å². The number of nitriles is 1. The fraction of sp³-hybridized carbons (Fsp3) is 0.286. The molecule has 2 aromatic rings. The highest BCUT2D eigenvalue weighted by Crippen LogP contribution is 2.21. The summed E-state index contributed by atoms with van der Waals surface area (Å²) in [6.07, 6.45) is 1.23. The van der Waals surface area contributed by atoms with E-state index in [1.807, 2.05) is 6.07 Å². The van der Waals surface area contributed by atoms with Gasteiger partial charge in [0, 0.05) is 11.8 Å². The Morgan fingerprint density at radius 2 is 2.26 bits per heavy atom. The van der Waals surface area contributed by atoms with Crippen molar-refractivity contribution in [2.24, 2.45) is 0 Å². The molecule has 5 heteroatoms. The van der Waals surface area contributed by atoms with Gasteiger partial charge in [0.25, 0.3) is 0 Å². The zero-order chi connectivity index (χ0) is 13.8. The second-order valence-electron chi connectivity index (χ2n) is 4.25. The molecule has 0 spiro atoms. The quantitative estimate of drug-likeness (QED) is 0.907. The Bertz CT molecular complexity index is 611. The largest absolute Gasteiger partial charge is 0.496 e. The SMILES string of the molecule is COc1cc(C#N)ccc1Cn1ccc([C@H](C)O)n1. The molecule has 2 rings (SSSR count). The van der Waals surface area contributed by atoms with E-state index in [1.165, 1.54) is 0 Å². The summed E-state index contributed by atoms with van der Waals surface area (Å²) in [4.78, 5) is 0. The standard InChI is InChI=1S/C14H15N3O2/c1-10(18)13-5-6-17(16-13)9-12-4-3-11(8-15)7-14(12)19-2/h3-7,10,18H,9H2,1-2H3/t10-/m0/s1. The summed E-state index contributed by atoms with van der Waals surface area (Å²) in [6.45, 7) is 2.20. The van der Waals surface area contributed by atoms with Gasteiger partial charge >= 0.3 is 0 Å². The molecule has 1 aromatic heterocycles. The number of hydrogen-bond donors (Lipinski definition) is 1. The number of aromatic nitrogens is 2. The molecular formula is C14H15N3O2. The molecule has 1 atom stereocenters. The average Bonchev–Trinajstić information content (AvgIpc) is 2.88. The van der Waals surface area contributed by atoms with Crippen LogP contribution < -0.4 is 4.74 Å². The van der Waals surface area contributed by atoms with Crippen molar-refractivity contribution in [3.8, 4) is 11.8 Å². The number of ether oxygens (including phenoxy) is 1. The normalized spacial score (nSPS) is 11.9. The molecular weight excluding hydrogens is 242 g/mol. The zero-order valence-corrected chi connectivity index (χ0v) is 10.9. The first kappa shape index (κ1) is 13.1. The van der Waals surface area contributed by atoms with Gasteiger partial charge in [-0.3, -0.25) is 4.68 Å². The van der Waals surface area contributed by atoms with Crippen LogP contribution in [0.5, 0.6) is 5.75 Å². The first-order valence-corrected chi connectivity index (χ1v) is 5.92. The summed E-state index contributed by atoms with van der Waals surface area (Å²) >= 11 is 0. The maximum atomic E-state index is 9.44. The molecule has 0 aliphatic carbocycles. The molecule has 1 N–H and O–H groups in total. The van der Waals surface area contributed by atoms with Crippen molar-refractivity contribution in [1.29, 1.82) is 5.26 Å². The lowest BCUT2D eigenvalue weighted by Crippen LogP contribution is -2.04. The number of aliphatic hydroxyl groups is 1. The molecule has 1 heterocycles. The molecule has 1 aromatic carbocycles.